The van der Waals surface area contributed by atoms with Gasteiger partial charge in [-0.2, -0.15) is 0 Å². The summed E-state index contributed by atoms with van der Waals surface area (Å²) in [5, 5.41) is 52.2. The van der Waals surface area contributed by atoms with Crippen LogP contribution in [0.3, 0.4) is 0 Å². The highest BCUT2D eigenvalue weighted by Gasteiger charge is 2.52. The molecule has 2 saturated heterocycles. The Morgan fingerprint density at radius 2 is 1.67 bits per heavy atom. The predicted octanol–water partition coefficient (Wildman–Crippen LogP) is 2.73. The van der Waals surface area contributed by atoms with Crippen molar-refractivity contribution in [3.8, 4) is 0 Å². The standard InChI is InChI=1S/C44H78N4O13/c1-14-32(49)44(10,54)33(15-2)58-40(52)28(6)36(27(5)37(42(8,53)22-25(3)24-45-11)60-41-35(50)31(46-12)21-26(4)56-41)59-34-23-43(9,55-13)38(29(7)57-34)61-48-47-39(51)30-19-17-16-18-20-30/h16-20,25-29,31-38,41,45-46,48-50,53-54H,14-15,21-24H2,1-13H3,(H,47,51)/t25-,26-,27+,28-,29+,31+,32-,33-,34?,35-,36+,37-,38+,41?,42-,43-,44+/m1/s1. The van der Waals surface area contributed by atoms with Gasteiger partial charge in [0.25, 0.3) is 5.91 Å². The lowest BCUT2D eigenvalue weighted by atomic mass is 9.77. The van der Waals surface area contributed by atoms with Gasteiger partial charge < -0.3 is 59.5 Å². The number of likely N-dealkylation sites (N-methyl/N-ethyl adjacent to an activating group) is 1. The molecule has 17 nitrogen and oxygen atoms in total. The molecule has 3 rings (SSSR count). The van der Waals surface area contributed by atoms with Crippen molar-refractivity contribution in [2.75, 3.05) is 27.7 Å². The van der Waals surface area contributed by atoms with Crippen LogP contribution in [0.15, 0.2) is 30.3 Å². The number of methoxy groups -OCH3 is 1. The van der Waals surface area contributed by atoms with Crippen molar-refractivity contribution in [2.45, 2.75) is 186 Å². The maximum absolute atomic E-state index is 14.3. The molecule has 0 radical (unpaired) electrons. The summed E-state index contributed by atoms with van der Waals surface area (Å²) in [4.78, 5) is 33.0. The highest BCUT2D eigenvalue weighted by atomic mass is 16.7. The van der Waals surface area contributed by atoms with E-state index in [9.17, 15) is 30.0 Å². The number of esters is 1. The van der Waals surface area contributed by atoms with Crippen molar-refractivity contribution < 1.29 is 63.3 Å². The van der Waals surface area contributed by atoms with Crippen LogP contribution >= 0.6 is 0 Å². The summed E-state index contributed by atoms with van der Waals surface area (Å²) in [5.41, 5.74) is 1.15. The number of amides is 1. The van der Waals surface area contributed by atoms with Gasteiger partial charge >= 0.3 is 5.97 Å². The Morgan fingerprint density at radius 3 is 2.25 bits per heavy atom. The number of aliphatic hydroxyl groups is 4. The van der Waals surface area contributed by atoms with E-state index in [0.29, 0.717) is 18.5 Å². The SMILES string of the molecule is CC[C@@H](O)[C@](C)(O)[C@@H](CC)OC(=O)[C@H](C)[C@@H](OC1C[C@@](C)(OC)[C@@H](ONNC(=O)c2ccccc2)[C@H](C)O1)[C@H](C)[C@@H](OC1O[C@H](C)C[C@H](NC)[C@H]1O)[C@](C)(O)C[C@@H](C)CNC. The Morgan fingerprint density at radius 1 is 1.02 bits per heavy atom. The lowest BCUT2D eigenvalue weighted by Gasteiger charge is -2.49. The monoisotopic (exact) mass is 871 g/mol. The van der Waals surface area contributed by atoms with Crippen LogP contribution in [-0.2, 0) is 38.1 Å². The Bertz CT molecular complexity index is 1480. The fourth-order valence-corrected chi connectivity index (χ4v) is 8.95. The smallest absolute Gasteiger partial charge is 0.311 e. The fraction of sp³-hybridized carbons (Fsp3) is 0.818. The molecule has 8 N–H and O–H groups in total. The maximum atomic E-state index is 14.3. The summed E-state index contributed by atoms with van der Waals surface area (Å²) in [5.74, 6) is -3.02. The minimum absolute atomic E-state index is 0.0215. The number of carbonyl (C=O) groups excluding carboxylic acids is 2. The molecule has 1 aromatic carbocycles. The van der Waals surface area contributed by atoms with Gasteiger partial charge in [0.2, 0.25) is 0 Å². The first-order valence-electron chi connectivity index (χ1n) is 21.9. The Hall–Kier alpha value is -2.36. The molecule has 2 heterocycles. The lowest BCUT2D eigenvalue weighted by molar-refractivity contribution is -0.324. The van der Waals surface area contributed by atoms with Crippen LogP contribution in [0.25, 0.3) is 0 Å². The summed E-state index contributed by atoms with van der Waals surface area (Å²) >= 11 is 0. The Kier molecular flexibility index (Phi) is 20.4. The average molecular weight is 871 g/mol. The topological polar surface area (TPSA) is 228 Å². The van der Waals surface area contributed by atoms with Crippen LogP contribution in [0.5, 0.6) is 0 Å². The second-order valence-corrected chi connectivity index (χ2v) is 17.9. The van der Waals surface area contributed by atoms with Crippen LogP contribution in [0.1, 0.15) is 112 Å². The average Bonchev–Trinajstić information content (AvgIpc) is 3.21. The van der Waals surface area contributed by atoms with Crippen LogP contribution in [-0.4, -0.2) is 144 Å². The number of hydrogen-bond acceptors (Lipinski definition) is 16. The number of nitrogens with one attached hydrogen (secondary N) is 4. The van der Waals surface area contributed by atoms with Gasteiger partial charge in [-0.15, -0.1) is 5.59 Å². The molecule has 17 atom stereocenters. The van der Waals surface area contributed by atoms with Crippen LogP contribution < -0.4 is 21.6 Å². The van der Waals surface area contributed by atoms with E-state index in [1.54, 1.807) is 78.9 Å². The highest BCUT2D eigenvalue weighted by Crippen LogP contribution is 2.40. The molecule has 1 aromatic rings. The molecule has 0 aliphatic carbocycles. The molecular formula is C44H78N4O13. The van der Waals surface area contributed by atoms with Crippen LogP contribution in [0, 0.1) is 17.8 Å². The van der Waals surface area contributed by atoms with E-state index < -0.39 is 95.8 Å². The van der Waals surface area contributed by atoms with E-state index in [1.807, 2.05) is 27.8 Å². The van der Waals surface area contributed by atoms with E-state index >= 15 is 0 Å². The minimum atomic E-state index is -1.75. The zero-order valence-electron chi connectivity index (χ0n) is 38.7. The number of rotatable bonds is 24. The molecule has 1 amide bonds. The van der Waals surface area contributed by atoms with Crippen molar-refractivity contribution in [1.82, 2.24) is 21.6 Å². The third-order valence-corrected chi connectivity index (χ3v) is 12.6. The van der Waals surface area contributed by atoms with Crippen LogP contribution in [0.4, 0.5) is 0 Å². The van der Waals surface area contributed by atoms with Crippen LogP contribution in [0.2, 0.25) is 0 Å². The first-order chi connectivity index (χ1) is 28.6. The van der Waals surface area contributed by atoms with Gasteiger partial charge in [-0.3, -0.25) is 19.9 Å². The summed E-state index contributed by atoms with van der Waals surface area (Å²) in [6, 6.07) is 8.29. The van der Waals surface area contributed by atoms with Gasteiger partial charge in [-0.25, -0.2) is 0 Å². The number of carbonyl (C=O) groups is 2. The van der Waals surface area contributed by atoms with Crippen molar-refractivity contribution in [3.63, 3.8) is 0 Å². The first-order valence-corrected chi connectivity index (χ1v) is 21.9. The molecule has 0 bridgehead atoms. The zero-order valence-corrected chi connectivity index (χ0v) is 38.7. The summed E-state index contributed by atoms with van der Waals surface area (Å²) < 4.78 is 38.2. The number of ether oxygens (including phenoxy) is 6. The second kappa shape index (κ2) is 23.5. The highest BCUT2D eigenvalue weighted by molar-refractivity contribution is 5.93. The van der Waals surface area contributed by atoms with Gasteiger partial charge in [-0.1, -0.05) is 45.9 Å². The van der Waals surface area contributed by atoms with E-state index in [-0.39, 0.29) is 43.7 Å². The molecule has 17 heteroatoms. The van der Waals surface area contributed by atoms with E-state index in [1.165, 1.54) is 14.0 Å². The fourth-order valence-electron chi connectivity index (χ4n) is 8.95. The van der Waals surface area contributed by atoms with Crippen molar-refractivity contribution >= 4 is 11.9 Å². The molecule has 2 aliphatic heterocycles. The van der Waals surface area contributed by atoms with E-state index in [2.05, 4.69) is 21.6 Å². The van der Waals surface area contributed by atoms with Gasteiger partial charge in [0.15, 0.2) is 12.6 Å². The third kappa shape index (κ3) is 13.8. The summed E-state index contributed by atoms with van der Waals surface area (Å²) in [7, 11) is 5.11. The Balaban J connectivity index is 2.03. The molecular weight excluding hydrogens is 792 g/mol. The molecule has 0 aromatic heterocycles. The number of hydrazine groups is 1. The van der Waals surface area contributed by atoms with Gasteiger partial charge in [0, 0.05) is 31.1 Å². The van der Waals surface area contributed by atoms with Crippen molar-refractivity contribution in [2.24, 2.45) is 17.8 Å². The second-order valence-electron chi connectivity index (χ2n) is 17.9. The molecule has 2 fully saturated rings. The molecule has 61 heavy (non-hydrogen) atoms. The molecule has 2 aliphatic rings. The number of benzene rings is 1. The third-order valence-electron chi connectivity index (χ3n) is 12.6. The van der Waals surface area contributed by atoms with Crippen molar-refractivity contribution in [3.05, 3.63) is 35.9 Å². The normalized spacial score (nSPS) is 31.3. The Labute approximate surface area is 363 Å². The van der Waals surface area contributed by atoms with E-state index in [4.69, 9.17) is 33.3 Å². The largest absolute Gasteiger partial charge is 0.459 e. The molecule has 352 valence electrons. The molecule has 0 spiro atoms. The zero-order chi connectivity index (χ0) is 45.9. The summed E-state index contributed by atoms with van der Waals surface area (Å²) in [6.07, 6.45) is -8.04. The van der Waals surface area contributed by atoms with Gasteiger partial charge in [0.1, 0.15) is 29.5 Å². The molecule has 2 unspecified atom stereocenters. The number of aliphatic hydroxyl groups excluding tert-OH is 2. The predicted molar refractivity (Wildman–Crippen MR) is 228 cm³/mol. The molecule has 0 saturated carbocycles. The minimum Gasteiger partial charge on any atom is -0.459 e. The maximum Gasteiger partial charge on any atom is 0.311 e. The lowest BCUT2D eigenvalue weighted by Crippen LogP contribution is -2.61. The van der Waals surface area contributed by atoms with Gasteiger partial charge in [0.05, 0.1) is 42.0 Å². The first kappa shape index (κ1) is 53.0. The quantitative estimate of drug-likeness (QED) is 0.0552. The number of hydrogen-bond donors (Lipinski definition) is 8. The summed E-state index contributed by atoms with van der Waals surface area (Å²) in [6.45, 7) is 18.1. The van der Waals surface area contributed by atoms with E-state index in [0.717, 1.165) is 0 Å². The van der Waals surface area contributed by atoms with Gasteiger partial charge in [-0.05, 0) is 106 Å². The van der Waals surface area contributed by atoms with Crippen molar-refractivity contribution in [1.29, 1.82) is 0 Å².